The van der Waals surface area contributed by atoms with Crippen molar-refractivity contribution in [1.82, 2.24) is 24.7 Å². The van der Waals surface area contributed by atoms with Gasteiger partial charge in [0.05, 0.1) is 18.9 Å². The summed E-state index contributed by atoms with van der Waals surface area (Å²) in [6.45, 7) is 1.67. The summed E-state index contributed by atoms with van der Waals surface area (Å²) in [6.07, 6.45) is 5.98. The average Bonchev–Trinajstić information content (AvgIpc) is 3.37. The van der Waals surface area contributed by atoms with Crippen LogP contribution in [0.25, 0.3) is 0 Å². The second-order valence-electron chi connectivity index (χ2n) is 6.55. The second-order valence-corrected chi connectivity index (χ2v) is 6.55. The molecule has 2 aliphatic rings. The summed E-state index contributed by atoms with van der Waals surface area (Å²) in [4.78, 5) is 43.3. The van der Waals surface area contributed by atoms with E-state index in [9.17, 15) is 14.4 Å². The Morgan fingerprint density at radius 3 is 2.69 bits per heavy atom. The fourth-order valence-electron chi connectivity index (χ4n) is 3.47. The number of hydrogen-bond acceptors (Lipinski definition) is 4. The Hall–Kier alpha value is -3.16. The molecule has 8 heteroatoms. The summed E-state index contributed by atoms with van der Waals surface area (Å²) in [5.41, 5.74) is 1.69. The summed E-state index contributed by atoms with van der Waals surface area (Å²) in [5, 5.41) is 2.52. The molecule has 2 aliphatic heterocycles. The van der Waals surface area contributed by atoms with Crippen molar-refractivity contribution in [1.29, 1.82) is 0 Å². The Morgan fingerprint density at radius 2 is 2.04 bits per heavy atom. The van der Waals surface area contributed by atoms with Crippen molar-refractivity contribution in [3.8, 4) is 0 Å². The predicted molar refractivity (Wildman–Crippen MR) is 92.3 cm³/mol. The SMILES string of the molecule is O=C(c1ccc(Cn2ccnc2)cc1)N1CCC(N2C(=O)CNC2=O)C1. The molecule has 3 heterocycles. The Kier molecular flexibility index (Phi) is 4.16. The van der Waals surface area contributed by atoms with Crippen LogP contribution in [0.15, 0.2) is 43.0 Å². The first-order chi connectivity index (χ1) is 12.6. The van der Waals surface area contributed by atoms with Gasteiger partial charge >= 0.3 is 6.03 Å². The molecule has 4 rings (SSSR count). The first kappa shape index (κ1) is 16.3. The largest absolute Gasteiger partial charge is 0.336 e. The Labute approximate surface area is 150 Å². The zero-order valence-electron chi connectivity index (χ0n) is 14.2. The van der Waals surface area contributed by atoms with Crippen LogP contribution < -0.4 is 5.32 Å². The van der Waals surface area contributed by atoms with Crippen LogP contribution in [0, 0.1) is 0 Å². The number of hydrogen-bond donors (Lipinski definition) is 1. The summed E-state index contributed by atoms with van der Waals surface area (Å²) in [5.74, 6) is -0.299. The van der Waals surface area contributed by atoms with E-state index in [1.807, 2.05) is 35.0 Å². The van der Waals surface area contributed by atoms with Gasteiger partial charge in [-0.3, -0.25) is 14.5 Å². The van der Waals surface area contributed by atoms with Gasteiger partial charge in [0.2, 0.25) is 5.91 Å². The number of urea groups is 1. The number of likely N-dealkylation sites (tertiary alicyclic amines) is 1. The average molecular weight is 353 g/mol. The predicted octanol–water partition coefficient (Wildman–Crippen LogP) is 0.698. The third-order valence-electron chi connectivity index (χ3n) is 4.82. The minimum atomic E-state index is -0.363. The lowest BCUT2D eigenvalue weighted by atomic mass is 10.1. The van der Waals surface area contributed by atoms with Gasteiger partial charge in [-0.05, 0) is 24.1 Å². The van der Waals surface area contributed by atoms with Crippen LogP contribution in [0.5, 0.6) is 0 Å². The molecule has 0 spiro atoms. The van der Waals surface area contributed by atoms with Gasteiger partial charge in [-0.1, -0.05) is 12.1 Å². The normalized spacial score (nSPS) is 19.9. The number of imidazole rings is 1. The van der Waals surface area contributed by atoms with Crippen LogP contribution in [0.3, 0.4) is 0 Å². The molecule has 1 unspecified atom stereocenters. The molecule has 1 aromatic carbocycles. The molecule has 4 amide bonds. The summed E-state index contributed by atoms with van der Waals surface area (Å²) >= 11 is 0. The summed E-state index contributed by atoms with van der Waals surface area (Å²) in [6, 6.07) is 6.88. The molecule has 2 saturated heterocycles. The fraction of sp³-hybridized carbons (Fsp3) is 0.333. The van der Waals surface area contributed by atoms with Crippen molar-refractivity contribution in [2.24, 2.45) is 0 Å². The van der Waals surface area contributed by atoms with E-state index in [1.54, 1.807) is 17.4 Å². The summed E-state index contributed by atoms with van der Waals surface area (Å²) in [7, 11) is 0. The maximum atomic E-state index is 12.7. The van der Waals surface area contributed by atoms with Crippen molar-refractivity contribution in [2.75, 3.05) is 19.6 Å². The zero-order valence-corrected chi connectivity index (χ0v) is 14.2. The maximum Gasteiger partial charge on any atom is 0.324 e. The molecule has 0 aliphatic carbocycles. The van der Waals surface area contributed by atoms with Crippen molar-refractivity contribution >= 4 is 17.8 Å². The molecule has 0 radical (unpaired) electrons. The highest BCUT2D eigenvalue weighted by molar-refractivity contribution is 6.02. The zero-order chi connectivity index (χ0) is 18.1. The number of rotatable bonds is 4. The third-order valence-corrected chi connectivity index (χ3v) is 4.82. The highest BCUT2D eigenvalue weighted by atomic mass is 16.2. The first-order valence-electron chi connectivity index (χ1n) is 8.55. The number of imide groups is 1. The molecular formula is C18H19N5O3. The molecule has 8 nitrogen and oxygen atoms in total. The Balaban J connectivity index is 1.40. The van der Waals surface area contributed by atoms with Crippen LogP contribution in [0.2, 0.25) is 0 Å². The smallest absolute Gasteiger partial charge is 0.324 e. The minimum Gasteiger partial charge on any atom is -0.336 e. The molecule has 26 heavy (non-hydrogen) atoms. The fourth-order valence-corrected chi connectivity index (χ4v) is 3.47. The highest BCUT2D eigenvalue weighted by Gasteiger charge is 2.39. The molecule has 1 atom stereocenters. The number of amides is 4. The van der Waals surface area contributed by atoms with Gasteiger partial charge in [0, 0.05) is 37.6 Å². The molecule has 1 aromatic heterocycles. The first-order valence-corrected chi connectivity index (χ1v) is 8.55. The van der Waals surface area contributed by atoms with E-state index in [2.05, 4.69) is 10.3 Å². The minimum absolute atomic E-state index is 0.0433. The number of carbonyl (C=O) groups excluding carboxylic acids is 3. The highest BCUT2D eigenvalue weighted by Crippen LogP contribution is 2.20. The summed E-state index contributed by atoms with van der Waals surface area (Å²) < 4.78 is 1.96. The van der Waals surface area contributed by atoms with Crippen molar-refractivity contribution in [3.05, 3.63) is 54.1 Å². The standard InChI is InChI=1S/C18H19N5O3/c24-16-9-20-18(26)23(16)15-5-7-22(11-15)17(25)14-3-1-13(2-4-14)10-21-8-6-19-12-21/h1-4,6,8,12,15H,5,7,9-11H2,(H,20,26). The van der Waals surface area contributed by atoms with Gasteiger partial charge < -0.3 is 14.8 Å². The van der Waals surface area contributed by atoms with Crippen LogP contribution >= 0.6 is 0 Å². The van der Waals surface area contributed by atoms with Crippen molar-refractivity contribution in [2.45, 2.75) is 19.0 Å². The second kappa shape index (κ2) is 6.62. The molecule has 2 fully saturated rings. The molecule has 0 bridgehead atoms. The van der Waals surface area contributed by atoms with E-state index in [4.69, 9.17) is 0 Å². The Morgan fingerprint density at radius 1 is 1.23 bits per heavy atom. The van der Waals surface area contributed by atoms with E-state index in [-0.39, 0.29) is 30.4 Å². The number of aromatic nitrogens is 2. The van der Waals surface area contributed by atoms with E-state index < -0.39 is 0 Å². The molecule has 134 valence electrons. The quantitative estimate of drug-likeness (QED) is 0.820. The van der Waals surface area contributed by atoms with E-state index in [0.29, 0.717) is 31.6 Å². The monoisotopic (exact) mass is 353 g/mol. The van der Waals surface area contributed by atoms with E-state index in [0.717, 1.165) is 5.56 Å². The van der Waals surface area contributed by atoms with E-state index in [1.165, 1.54) is 4.90 Å². The van der Waals surface area contributed by atoms with Gasteiger partial charge in [0.15, 0.2) is 0 Å². The lowest BCUT2D eigenvalue weighted by molar-refractivity contribution is -0.126. The van der Waals surface area contributed by atoms with Crippen molar-refractivity contribution < 1.29 is 14.4 Å². The molecule has 0 saturated carbocycles. The third kappa shape index (κ3) is 3.05. The topological polar surface area (TPSA) is 87.5 Å². The number of benzene rings is 1. The number of nitrogens with one attached hydrogen (secondary N) is 1. The van der Waals surface area contributed by atoms with Crippen LogP contribution in [-0.4, -0.2) is 62.9 Å². The van der Waals surface area contributed by atoms with Gasteiger partial charge in [-0.25, -0.2) is 9.78 Å². The van der Waals surface area contributed by atoms with Crippen molar-refractivity contribution in [3.63, 3.8) is 0 Å². The lowest BCUT2D eigenvalue weighted by Gasteiger charge is -2.21. The van der Waals surface area contributed by atoms with Gasteiger partial charge in [0.25, 0.3) is 5.91 Å². The molecular weight excluding hydrogens is 334 g/mol. The van der Waals surface area contributed by atoms with Crippen LogP contribution in [0.1, 0.15) is 22.3 Å². The van der Waals surface area contributed by atoms with Gasteiger partial charge in [0.1, 0.15) is 0 Å². The maximum absolute atomic E-state index is 12.7. The molecule has 1 N–H and O–H groups in total. The number of carbonyl (C=O) groups is 3. The number of nitrogens with zero attached hydrogens (tertiary/aromatic N) is 4. The lowest BCUT2D eigenvalue weighted by Crippen LogP contribution is -2.42. The molecule has 2 aromatic rings. The van der Waals surface area contributed by atoms with Crippen LogP contribution in [-0.2, 0) is 11.3 Å². The van der Waals surface area contributed by atoms with Gasteiger partial charge in [-0.2, -0.15) is 0 Å². The Bertz CT molecular complexity index is 815. The van der Waals surface area contributed by atoms with Crippen LogP contribution in [0.4, 0.5) is 4.79 Å². The van der Waals surface area contributed by atoms with E-state index >= 15 is 0 Å². The van der Waals surface area contributed by atoms with Gasteiger partial charge in [-0.15, -0.1) is 0 Å².